The summed E-state index contributed by atoms with van der Waals surface area (Å²) < 4.78 is 0. The number of carbonyl (C=O) groups excluding carboxylic acids is 2. The van der Waals surface area contributed by atoms with E-state index in [9.17, 15) is 14.4 Å². The highest BCUT2D eigenvalue weighted by atomic mass is 16.2. The molecule has 0 radical (unpaired) electrons. The summed E-state index contributed by atoms with van der Waals surface area (Å²) in [7, 11) is 0. The van der Waals surface area contributed by atoms with Crippen molar-refractivity contribution in [1.29, 1.82) is 0 Å². The van der Waals surface area contributed by atoms with Gasteiger partial charge in [-0.1, -0.05) is 42.8 Å². The summed E-state index contributed by atoms with van der Waals surface area (Å²) in [6.45, 7) is 4.99. The number of H-pyrrole nitrogens is 1. The highest BCUT2D eigenvalue weighted by Gasteiger charge is 2.13. The van der Waals surface area contributed by atoms with E-state index in [1.165, 1.54) is 0 Å². The molecule has 0 spiro atoms. The van der Waals surface area contributed by atoms with E-state index >= 15 is 0 Å². The maximum absolute atomic E-state index is 12.2. The van der Waals surface area contributed by atoms with Gasteiger partial charge in [-0.15, -0.1) is 0 Å². The Hall–Kier alpha value is -3.68. The molecule has 0 aliphatic heterocycles. The van der Waals surface area contributed by atoms with Crippen molar-refractivity contribution in [1.82, 2.24) is 15.5 Å². The van der Waals surface area contributed by atoms with Crippen LogP contribution < -0.4 is 21.5 Å². The van der Waals surface area contributed by atoms with Crippen LogP contribution in [0.15, 0.2) is 53.3 Å². The fourth-order valence-corrected chi connectivity index (χ4v) is 3.40. The second kappa shape index (κ2) is 11.1. The number of rotatable bonds is 10. The first kappa shape index (κ1) is 23.0. The second-order valence-corrected chi connectivity index (χ2v) is 8.00. The lowest BCUT2D eigenvalue weighted by molar-refractivity contribution is -0.122. The summed E-state index contributed by atoms with van der Waals surface area (Å²) >= 11 is 0. The molecule has 0 saturated carbocycles. The molecule has 1 heterocycles. The Bertz CT molecular complexity index is 1120. The van der Waals surface area contributed by atoms with Gasteiger partial charge in [0.1, 0.15) is 0 Å². The van der Waals surface area contributed by atoms with E-state index in [0.29, 0.717) is 37.1 Å². The summed E-state index contributed by atoms with van der Waals surface area (Å²) in [5, 5.41) is 16.8. The van der Waals surface area contributed by atoms with Gasteiger partial charge in [-0.2, -0.15) is 5.10 Å². The Labute approximate surface area is 186 Å². The van der Waals surface area contributed by atoms with Crippen LogP contribution in [0.2, 0.25) is 0 Å². The molecule has 2 amide bonds. The number of carbonyl (C=O) groups is 2. The van der Waals surface area contributed by atoms with Crippen molar-refractivity contribution in [3.63, 3.8) is 0 Å². The van der Waals surface area contributed by atoms with Gasteiger partial charge in [0.15, 0.2) is 5.82 Å². The topological polar surface area (TPSA) is 116 Å². The van der Waals surface area contributed by atoms with Crippen LogP contribution in [0.25, 0.3) is 10.8 Å². The number of aromatic amines is 1. The van der Waals surface area contributed by atoms with Crippen molar-refractivity contribution >= 4 is 34.1 Å². The summed E-state index contributed by atoms with van der Waals surface area (Å²) in [4.78, 5) is 36.1. The molecular formula is C24H29N5O3. The minimum Gasteiger partial charge on any atom is -0.368 e. The first-order chi connectivity index (χ1) is 15.4. The minimum absolute atomic E-state index is 0.0599. The summed E-state index contributed by atoms with van der Waals surface area (Å²) in [5.74, 6) is 0.377. The average molecular weight is 436 g/mol. The third-order valence-electron chi connectivity index (χ3n) is 5.07. The molecule has 1 atom stereocenters. The number of nitrogens with one attached hydrogen (secondary N) is 4. The zero-order chi connectivity index (χ0) is 22.9. The van der Waals surface area contributed by atoms with Crippen LogP contribution in [0, 0.1) is 12.8 Å². The van der Waals surface area contributed by atoms with Crippen molar-refractivity contribution in [2.75, 3.05) is 23.7 Å². The average Bonchev–Trinajstić information content (AvgIpc) is 2.76. The Morgan fingerprint density at radius 1 is 0.969 bits per heavy atom. The van der Waals surface area contributed by atoms with Gasteiger partial charge in [-0.3, -0.25) is 14.4 Å². The number of nitrogens with zero attached hydrogens (tertiary/aromatic N) is 1. The zero-order valence-electron chi connectivity index (χ0n) is 18.4. The SMILES string of the molecule is Cc1ccc(NC(=O)CC(C)CC(=O)NCCCNc2n[nH]c(=O)c3ccccc23)cc1. The number of hydrogen-bond acceptors (Lipinski definition) is 5. The molecule has 168 valence electrons. The van der Waals surface area contributed by atoms with E-state index in [4.69, 9.17) is 0 Å². The lowest BCUT2D eigenvalue weighted by Crippen LogP contribution is -2.28. The molecule has 0 aliphatic carbocycles. The molecule has 8 nitrogen and oxygen atoms in total. The predicted molar refractivity (Wildman–Crippen MR) is 127 cm³/mol. The molecule has 0 fully saturated rings. The largest absolute Gasteiger partial charge is 0.368 e. The molecule has 0 saturated heterocycles. The highest BCUT2D eigenvalue weighted by molar-refractivity contribution is 5.91. The Balaban J connectivity index is 1.34. The Morgan fingerprint density at radius 3 is 2.41 bits per heavy atom. The zero-order valence-corrected chi connectivity index (χ0v) is 18.4. The summed E-state index contributed by atoms with van der Waals surface area (Å²) in [6.07, 6.45) is 1.28. The Kier molecular flexibility index (Phi) is 7.96. The second-order valence-electron chi connectivity index (χ2n) is 8.00. The molecule has 0 bridgehead atoms. The van der Waals surface area contributed by atoms with Crippen molar-refractivity contribution in [2.24, 2.45) is 5.92 Å². The number of hydrogen-bond donors (Lipinski definition) is 4. The van der Waals surface area contributed by atoms with Crippen LogP contribution in [-0.4, -0.2) is 35.1 Å². The molecular weight excluding hydrogens is 406 g/mol. The van der Waals surface area contributed by atoms with E-state index in [1.807, 2.05) is 56.3 Å². The molecule has 4 N–H and O–H groups in total. The number of benzene rings is 2. The number of amides is 2. The van der Waals surface area contributed by atoms with Crippen LogP contribution >= 0.6 is 0 Å². The highest BCUT2D eigenvalue weighted by Crippen LogP contribution is 2.16. The third-order valence-corrected chi connectivity index (χ3v) is 5.07. The molecule has 8 heteroatoms. The van der Waals surface area contributed by atoms with Gasteiger partial charge in [-0.05, 0) is 37.5 Å². The third kappa shape index (κ3) is 6.66. The van der Waals surface area contributed by atoms with Crippen LogP contribution in [-0.2, 0) is 9.59 Å². The van der Waals surface area contributed by atoms with E-state index in [-0.39, 0.29) is 29.7 Å². The van der Waals surface area contributed by atoms with E-state index < -0.39 is 0 Å². The first-order valence-electron chi connectivity index (χ1n) is 10.8. The first-order valence-corrected chi connectivity index (χ1v) is 10.8. The van der Waals surface area contributed by atoms with Crippen molar-refractivity contribution in [3.8, 4) is 0 Å². The standard InChI is InChI=1S/C24H29N5O3/c1-16-8-10-18(11-9-16)27-22(31)15-17(2)14-21(30)25-12-5-13-26-23-19-6-3-4-7-20(19)24(32)29-28-23/h3-4,6-11,17H,5,12-15H2,1-2H3,(H,25,30)(H,26,28)(H,27,31)(H,29,32). The minimum atomic E-state index is -0.222. The molecule has 32 heavy (non-hydrogen) atoms. The maximum Gasteiger partial charge on any atom is 0.272 e. The molecule has 1 unspecified atom stereocenters. The van der Waals surface area contributed by atoms with Gasteiger partial charge in [-0.25, -0.2) is 5.10 Å². The van der Waals surface area contributed by atoms with Crippen LogP contribution in [0.1, 0.15) is 31.7 Å². The molecule has 2 aromatic carbocycles. The smallest absolute Gasteiger partial charge is 0.272 e. The fraction of sp³-hybridized carbons (Fsp3) is 0.333. The molecule has 3 aromatic rings. The van der Waals surface area contributed by atoms with Gasteiger partial charge in [0.25, 0.3) is 5.56 Å². The van der Waals surface area contributed by atoms with Gasteiger partial charge < -0.3 is 16.0 Å². The van der Waals surface area contributed by atoms with Gasteiger partial charge >= 0.3 is 0 Å². The van der Waals surface area contributed by atoms with Crippen molar-refractivity contribution in [2.45, 2.75) is 33.1 Å². The predicted octanol–water partition coefficient (Wildman–Crippen LogP) is 3.20. The molecule has 0 aliphatic rings. The number of aryl methyl sites for hydroxylation is 1. The molecule has 1 aromatic heterocycles. The summed E-state index contributed by atoms with van der Waals surface area (Å²) in [5.41, 5.74) is 1.67. The normalized spacial score (nSPS) is 11.7. The van der Waals surface area contributed by atoms with E-state index in [1.54, 1.807) is 6.07 Å². The quantitative estimate of drug-likeness (QED) is 0.365. The number of fused-ring (bicyclic) bond motifs is 1. The van der Waals surface area contributed by atoms with Gasteiger partial charge in [0.2, 0.25) is 11.8 Å². The van der Waals surface area contributed by atoms with Gasteiger partial charge in [0, 0.05) is 37.0 Å². The monoisotopic (exact) mass is 435 g/mol. The molecule has 3 rings (SSSR count). The van der Waals surface area contributed by atoms with Crippen molar-refractivity contribution in [3.05, 3.63) is 64.4 Å². The number of anilines is 2. The fourth-order valence-electron chi connectivity index (χ4n) is 3.40. The Morgan fingerprint density at radius 2 is 1.66 bits per heavy atom. The van der Waals surface area contributed by atoms with E-state index in [0.717, 1.165) is 16.6 Å². The van der Waals surface area contributed by atoms with E-state index in [2.05, 4.69) is 26.1 Å². The van der Waals surface area contributed by atoms with Crippen LogP contribution in [0.3, 0.4) is 0 Å². The van der Waals surface area contributed by atoms with Crippen LogP contribution in [0.4, 0.5) is 11.5 Å². The lowest BCUT2D eigenvalue weighted by atomic mass is 10.0. The lowest BCUT2D eigenvalue weighted by Gasteiger charge is -2.12. The summed E-state index contributed by atoms with van der Waals surface area (Å²) in [6, 6.07) is 14.9. The number of aromatic nitrogens is 2. The van der Waals surface area contributed by atoms with Gasteiger partial charge in [0.05, 0.1) is 5.39 Å². The van der Waals surface area contributed by atoms with Crippen molar-refractivity contribution < 1.29 is 9.59 Å². The van der Waals surface area contributed by atoms with Crippen LogP contribution in [0.5, 0.6) is 0 Å². The maximum atomic E-state index is 12.2.